The molecule has 3 heteroatoms. The molecule has 0 saturated heterocycles. The molecule has 2 unspecified atom stereocenters. The van der Waals surface area contributed by atoms with Gasteiger partial charge in [0.15, 0.2) is 0 Å². The molecule has 2 atom stereocenters. The highest BCUT2D eigenvalue weighted by molar-refractivity contribution is 9.10. The van der Waals surface area contributed by atoms with Crippen LogP contribution in [0.2, 0.25) is 5.02 Å². The highest BCUT2D eigenvalue weighted by Crippen LogP contribution is 2.41. The molecule has 0 heterocycles. The predicted molar refractivity (Wildman–Crippen MR) is 83.6 cm³/mol. The first-order valence-corrected chi connectivity index (χ1v) is 7.60. The van der Waals surface area contributed by atoms with Crippen molar-refractivity contribution in [3.8, 4) is 0 Å². The fraction of sp³-hybridized carbons (Fsp3) is 0.250. The lowest BCUT2D eigenvalue weighted by atomic mass is 9.74. The molecule has 19 heavy (non-hydrogen) atoms. The van der Waals surface area contributed by atoms with Gasteiger partial charge < -0.3 is 5.73 Å². The molecule has 0 amide bonds. The normalized spacial score (nSPS) is 18.6. The molecule has 0 bridgehead atoms. The molecule has 1 nitrogen and oxygen atoms in total. The Morgan fingerprint density at radius 1 is 1.26 bits per heavy atom. The highest BCUT2D eigenvalue weighted by Gasteiger charge is 2.27. The van der Waals surface area contributed by atoms with Crippen LogP contribution in [0, 0.1) is 0 Å². The third-order valence-corrected chi connectivity index (χ3v) is 4.68. The lowest BCUT2D eigenvalue weighted by Gasteiger charge is -2.32. The number of fused-ring (bicyclic) bond motifs is 1. The van der Waals surface area contributed by atoms with Crippen molar-refractivity contribution in [2.45, 2.75) is 24.8 Å². The quantitative estimate of drug-likeness (QED) is 0.853. The van der Waals surface area contributed by atoms with E-state index in [1.165, 1.54) is 11.1 Å². The summed E-state index contributed by atoms with van der Waals surface area (Å²) in [6.45, 7) is 0. The van der Waals surface area contributed by atoms with E-state index in [9.17, 15) is 0 Å². The second kappa shape index (κ2) is 5.28. The molecular formula is C16H15BrClN. The van der Waals surface area contributed by atoms with Crippen LogP contribution in [-0.2, 0) is 6.42 Å². The summed E-state index contributed by atoms with van der Waals surface area (Å²) < 4.78 is 0.988. The van der Waals surface area contributed by atoms with Crippen molar-refractivity contribution in [1.82, 2.24) is 0 Å². The first-order valence-electron chi connectivity index (χ1n) is 6.43. The van der Waals surface area contributed by atoms with E-state index in [1.807, 2.05) is 18.2 Å². The van der Waals surface area contributed by atoms with Crippen LogP contribution < -0.4 is 5.73 Å². The van der Waals surface area contributed by atoms with Crippen LogP contribution in [0.5, 0.6) is 0 Å². The molecule has 2 N–H and O–H groups in total. The van der Waals surface area contributed by atoms with Crippen molar-refractivity contribution in [3.05, 3.63) is 68.7 Å². The van der Waals surface area contributed by atoms with E-state index in [0.717, 1.165) is 27.9 Å². The molecule has 2 aromatic rings. The molecule has 0 aliphatic heterocycles. The number of hydrogen-bond acceptors (Lipinski definition) is 1. The standard InChI is InChI=1S/C16H15BrClN/c17-12-5-6-14(15(18)9-12)16(19)8-11-7-10-3-1-2-4-13(10)11/h1-6,9,11,16H,7-8,19H2. The fourth-order valence-corrected chi connectivity index (χ4v) is 3.62. The zero-order valence-electron chi connectivity index (χ0n) is 10.4. The maximum atomic E-state index is 6.31. The van der Waals surface area contributed by atoms with Crippen molar-refractivity contribution >= 4 is 27.5 Å². The lowest BCUT2D eigenvalue weighted by molar-refractivity contribution is 0.498. The molecule has 0 saturated carbocycles. The minimum atomic E-state index is -0.000967. The van der Waals surface area contributed by atoms with E-state index in [-0.39, 0.29) is 6.04 Å². The van der Waals surface area contributed by atoms with Gasteiger partial charge in [0, 0.05) is 15.5 Å². The van der Waals surface area contributed by atoms with Crippen molar-refractivity contribution in [2.24, 2.45) is 5.73 Å². The highest BCUT2D eigenvalue weighted by atomic mass is 79.9. The van der Waals surface area contributed by atoms with E-state index >= 15 is 0 Å². The van der Waals surface area contributed by atoms with E-state index in [0.29, 0.717) is 5.92 Å². The Morgan fingerprint density at radius 3 is 2.79 bits per heavy atom. The average molecular weight is 337 g/mol. The summed E-state index contributed by atoms with van der Waals surface area (Å²) in [4.78, 5) is 0. The lowest BCUT2D eigenvalue weighted by Crippen LogP contribution is -2.22. The monoisotopic (exact) mass is 335 g/mol. The number of nitrogens with two attached hydrogens (primary N) is 1. The summed E-state index contributed by atoms with van der Waals surface area (Å²) >= 11 is 9.68. The molecule has 0 aromatic heterocycles. The molecule has 2 aromatic carbocycles. The average Bonchev–Trinajstić information content (AvgIpc) is 2.35. The SMILES string of the molecule is NC(CC1Cc2ccccc21)c1ccc(Br)cc1Cl. The molecule has 0 fully saturated rings. The Labute approximate surface area is 126 Å². The van der Waals surface area contributed by atoms with Gasteiger partial charge in [0.05, 0.1) is 0 Å². The van der Waals surface area contributed by atoms with Gasteiger partial charge in [-0.05, 0) is 47.6 Å². The van der Waals surface area contributed by atoms with Gasteiger partial charge in [-0.2, -0.15) is 0 Å². The second-order valence-electron chi connectivity index (χ2n) is 5.11. The Balaban J connectivity index is 1.75. The number of rotatable bonds is 3. The van der Waals surface area contributed by atoms with Crippen LogP contribution in [0.3, 0.4) is 0 Å². The maximum absolute atomic E-state index is 6.31. The maximum Gasteiger partial charge on any atom is 0.0464 e. The van der Waals surface area contributed by atoms with Gasteiger partial charge in [0.2, 0.25) is 0 Å². The van der Waals surface area contributed by atoms with Crippen LogP contribution in [0.25, 0.3) is 0 Å². The third kappa shape index (κ3) is 2.58. The van der Waals surface area contributed by atoms with Crippen molar-refractivity contribution in [2.75, 3.05) is 0 Å². The zero-order valence-corrected chi connectivity index (χ0v) is 12.8. The number of benzene rings is 2. The van der Waals surface area contributed by atoms with Crippen LogP contribution in [0.4, 0.5) is 0 Å². The van der Waals surface area contributed by atoms with Crippen LogP contribution >= 0.6 is 27.5 Å². The molecule has 1 aliphatic carbocycles. The van der Waals surface area contributed by atoms with E-state index < -0.39 is 0 Å². The third-order valence-electron chi connectivity index (χ3n) is 3.86. The first-order chi connectivity index (χ1) is 9.15. The number of halogens is 2. The summed E-state index contributed by atoms with van der Waals surface area (Å²) in [6, 6.07) is 14.5. The van der Waals surface area contributed by atoms with Gasteiger partial charge in [0.1, 0.15) is 0 Å². The van der Waals surface area contributed by atoms with E-state index in [1.54, 1.807) is 0 Å². The van der Waals surface area contributed by atoms with Crippen LogP contribution in [0.1, 0.15) is 35.1 Å². The molecule has 98 valence electrons. The Morgan fingerprint density at radius 2 is 2.05 bits per heavy atom. The smallest absolute Gasteiger partial charge is 0.0464 e. The van der Waals surface area contributed by atoms with Crippen molar-refractivity contribution < 1.29 is 0 Å². The number of hydrogen-bond donors (Lipinski definition) is 1. The van der Waals surface area contributed by atoms with Gasteiger partial charge in [-0.3, -0.25) is 0 Å². The van der Waals surface area contributed by atoms with Crippen LogP contribution in [-0.4, -0.2) is 0 Å². The van der Waals surface area contributed by atoms with Crippen molar-refractivity contribution in [1.29, 1.82) is 0 Å². The first kappa shape index (κ1) is 13.2. The Bertz CT molecular complexity index is 611. The van der Waals surface area contributed by atoms with E-state index in [4.69, 9.17) is 17.3 Å². The predicted octanol–water partition coefficient (Wildman–Crippen LogP) is 4.83. The molecule has 3 rings (SSSR count). The molecular weight excluding hydrogens is 322 g/mol. The molecule has 1 aliphatic rings. The largest absolute Gasteiger partial charge is 0.324 e. The van der Waals surface area contributed by atoms with Gasteiger partial charge in [-0.25, -0.2) is 0 Å². The summed E-state index contributed by atoms with van der Waals surface area (Å²) in [6.07, 6.45) is 2.09. The van der Waals surface area contributed by atoms with Gasteiger partial charge in [0.25, 0.3) is 0 Å². The fourth-order valence-electron chi connectivity index (χ4n) is 2.81. The Kier molecular flexibility index (Phi) is 3.66. The van der Waals surface area contributed by atoms with Gasteiger partial charge >= 0.3 is 0 Å². The summed E-state index contributed by atoms with van der Waals surface area (Å²) in [5.74, 6) is 0.575. The van der Waals surface area contributed by atoms with Crippen LogP contribution in [0.15, 0.2) is 46.9 Å². The van der Waals surface area contributed by atoms with E-state index in [2.05, 4.69) is 40.2 Å². The Hall–Kier alpha value is -0.830. The summed E-state index contributed by atoms with van der Waals surface area (Å²) in [5, 5.41) is 0.745. The topological polar surface area (TPSA) is 26.0 Å². The molecule has 0 radical (unpaired) electrons. The minimum Gasteiger partial charge on any atom is -0.324 e. The zero-order chi connectivity index (χ0) is 13.4. The van der Waals surface area contributed by atoms with Gasteiger partial charge in [-0.1, -0.05) is 57.9 Å². The summed E-state index contributed by atoms with van der Waals surface area (Å²) in [7, 11) is 0. The minimum absolute atomic E-state index is 0.000967. The summed E-state index contributed by atoms with van der Waals surface area (Å²) in [5.41, 5.74) is 10.3. The molecule has 0 spiro atoms. The van der Waals surface area contributed by atoms with Gasteiger partial charge in [-0.15, -0.1) is 0 Å². The second-order valence-corrected chi connectivity index (χ2v) is 6.43. The van der Waals surface area contributed by atoms with Crippen molar-refractivity contribution in [3.63, 3.8) is 0 Å².